The zero-order valence-corrected chi connectivity index (χ0v) is 10.7. The van der Waals surface area contributed by atoms with Crippen LogP contribution in [0.5, 0.6) is 0 Å². The zero-order chi connectivity index (χ0) is 13.8. The Hall–Kier alpha value is -1.84. The van der Waals surface area contributed by atoms with Crippen LogP contribution in [0.1, 0.15) is 23.7 Å². The van der Waals surface area contributed by atoms with Gasteiger partial charge in [-0.05, 0) is 30.7 Å². The lowest BCUT2D eigenvalue weighted by Gasteiger charge is -2.10. The van der Waals surface area contributed by atoms with Crippen LogP contribution >= 0.6 is 0 Å². The number of terminal acetylenes is 1. The third-order valence-electron chi connectivity index (χ3n) is 2.36. The number of sulfonamides is 1. The van der Waals surface area contributed by atoms with Gasteiger partial charge in [-0.1, -0.05) is 12.8 Å². The van der Waals surface area contributed by atoms with Gasteiger partial charge in [-0.15, -0.1) is 6.42 Å². The van der Waals surface area contributed by atoms with Crippen molar-refractivity contribution in [2.75, 3.05) is 0 Å². The zero-order valence-electron chi connectivity index (χ0n) is 9.88. The first kappa shape index (κ1) is 14.2. The smallest absolute Gasteiger partial charge is 0.252 e. The predicted molar refractivity (Wildman–Crippen MR) is 68.2 cm³/mol. The molecule has 0 spiro atoms. The quantitative estimate of drug-likeness (QED) is 0.777. The second-order valence-electron chi connectivity index (χ2n) is 3.67. The Balaban J connectivity index is 2.87. The highest BCUT2D eigenvalue weighted by molar-refractivity contribution is 7.89. The summed E-state index contributed by atoms with van der Waals surface area (Å²) in [5.74, 6) is 2.09. The molecule has 1 atom stereocenters. The molecule has 5 nitrogen and oxygen atoms in total. The predicted octanol–water partition coefficient (Wildman–Crippen LogP) is 0.476. The maximum atomic E-state index is 11.7. The van der Waals surface area contributed by atoms with Crippen molar-refractivity contribution in [2.45, 2.75) is 24.3 Å². The van der Waals surface area contributed by atoms with Crippen LogP contribution in [0.15, 0.2) is 29.2 Å². The van der Waals surface area contributed by atoms with Gasteiger partial charge in [-0.3, -0.25) is 4.79 Å². The molecule has 0 aliphatic carbocycles. The van der Waals surface area contributed by atoms with E-state index < -0.39 is 10.0 Å². The van der Waals surface area contributed by atoms with E-state index in [-0.39, 0.29) is 16.8 Å². The van der Waals surface area contributed by atoms with Crippen molar-refractivity contribution >= 4 is 15.9 Å². The van der Waals surface area contributed by atoms with Gasteiger partial charge in [0, 0.05) is 5.56 Å². The normalized spacial score (nSPS) is 12.5. The van der Waals surface area contributed by atoms with Crippen LogP contribution in [0.4, 0.5) is 0 Å². The number of primary sulfonamides is 1. The van der Waals surface area contributed by atoms with Crippen LogP contribution in [-0.2, 0) is 10.0 Å². The first-order valence-corrected chi connectivity index (χ1v) is 6.83. The van der Waals surface area contributed by atoms with Gasteiger partial charge in [0.15, 0.2) is 0 Å². The molecular formula is C12H14N2O3S. The van der Waals surface area contributed by atoms with Gasteiger partial charge in [0.25, 0.3) is 5.91 Å². The number of carbonyl (C=O) groups is 1. The number of amides is 1. The largest absolute Gasteiger partial charge is 0.338 e. The van der Waals surface area contributed by atoms with Gasteiger partial charge < -0.3 is 5.32 Å². The molecule has 1 aromatic carbocycles. The molecule has 0 aliphatic heterocycles. The van der Waals surface area contributed by atoms with Crippen molar-refractivity contribution in [3.8, 4) is 12.3 Å². The van der Waals surface area contributed by atoms with E-state index in [2.05, 4.69) is 11.2 Å². The Bertz CT molecular complexity index is 570. The van der Waals surface area contributed by atoms with E-state index >= 15 is 0 Å². The van der Waals surface area contributed by atoms with Crippen LogP contribution in [0, 0.1) is 12.3 Å². The topological polar surface area (TPSA) is 89.3 Å². The molecule has 0 saturated heterocycles. The van der Waals surface area contributed by atoms with Crippen molar-refractivity contribution in [3.05, 3.63) is 29.8 Å². The van der Waals surface area contributed by atoms with Crippen LogP contribution in [0.2, 0.25) is 0 Å². The molecule has 0 aliphatic rings. The van der Waals surface area contributed by atoms with E-state index in [1.54, 1.807) is 0 Å². The molecule has 0 heterocycles. The minimum atomic E-state index is -3.74. The molecular weight excluding hydrogens is 252 g/mol. The summed E-state index contributed by atoms with van der Waals surface area (Å²) in [7, 11) is -3.74. The van der Waals surface area contributed by atoms with E-state index in [0.29, 0.717) is 12.0 Å². The molecule has 96 valence electrons. The van der Waals surface area contributed by atoms with Gasteiger partial charge in [0.2, 0.25) is 10.0 Å². The second-order valence-corrected chi connectivity index (χ2v) is 5.23. The third kappa shape index (κ3) is 3.58. The number of benzene rings is 1. The maximum absolute atomic E-state index is 11.7. The number of hydrogen-bond donors (Lipinski definition) is 2. The van der Waals surface area contributed by atoms with Gasteiger partial charge in [-0.25, -0.2) is 13.6 Å². The molecule has 0 radical (unpaired) electrons. The second kappa shape index (κ2) is 5.67. The highest BCUT2D eigenvalue weighted by Crippen LogP contribution is 2.09. The molecule has 1 unspecified atom stereocenters. The molecule has 3 N–H and O–H groups in total. The highest BCUT2D eigenvalue weighted by atomic mass is 32.2. The lowest BCUT2D eigenvalue weighted by atomic mass is 10.2. The highest BCUT2D eigenvalue weighted by Gasteiger charge is 2.12. The summed E-state index contributed by atoms with van der Waals surface area (Å²) in [6.07, 6.45) is 5.85. The molecule has 1 rings (SSSR count). The lowest BCUT2D eigenvalue weighted by Crippen LogP contribution is -2.33. The Kier molecular flexibility index (Phi) is 4.48. The molecule has 1 aromatic rings. The summed E-state index contributed by atoms with van der Waals surface area (Å²) < 4.78 is 22.1. The monoisotopic (exact) mass is 266 g/mol. The lowest BCUT2D eigenvalue weighted by molar-refractivity contribution is 0.0945. The van der Waals surface area contributed by atoms with E-state index in [4.69, 9.17) is 11.6 Å². The molecule has 18 heavy (non-hydrogen) atoms. The minimum Gasteiger partial charge on any atom is -0.338 e. The van der Waals surface area contributed by atoms with Gasteiger partial charge in [0.05, 0.1) is 10.9 Å². The molecule has 0 bridgehead atoms. The van der Waals surface area contributed by atoms with Crippen molar-refractivity contribution < 1.29 is 13.2 Å². The van der Waals surface area contributed by atoms with Gasteiger partial charge >= 0.3 is 0 Å². The summed E-state index contributed by atoms with van der Waals surface area (Å²) in [5.41, 5.74) is 0.330. The Morgan fingerprint density at radius 3 is 2.39 bits per heavy atom. The number of hydrogen-bond acceptors (Lipinski definition) is 3. The summed E-state index contributed by atoms with van der Waals surface area (Å²) in [6, 6.07) is 4.99. The van der Waals surface area contributed by atoms with Gasteiger partial charge in [-0.2, -0.15) is 0 Å². The first-order chi connectivity index (χ1) is 8.38. The third-order valence-corrected chi connectivity index (χ3v) is 3.29. The first-order valence-electron chi connectivity index (χ1n) is 5.28. The van der Waals surface area contributed by atoms with Gasteiger partial charge in [0.1, 0.15) is 0 Å². The summed E-state index contributed by atoms with van der Waals surface area (Å²) in [6.45, 7) is 1.86. The summed E-state index contributed by atoms with van der Waals surface area (Å²) in [4.78, 5) is 11.7. The molecule has 0 saturated carbocycles. The van der Waals surface area contributed by atoms with Crippen molar-refractivity contribution in [1.82, 2.24) is 5.32 Å². The SMILES string of the molecule is C#CC(CC)NC(=O)c1ccc(S(N)(=O)=O)cc1. The average molecular weight is 266 g/mol. The fraction of sp³-hybridized carbons (Fsp3) is 0.250. The van der Waals surface area contributed by atoms with Crippen molar-refractivity contribution in [3.63, 3.8) is 0 Å². The standard InChI is InChI=1S/C12H14N2O3S/c1-3-10(4-2)14-12(15)9-5-7-11(8-6-9)18(13,16)17/h1,5-8,10H,4H2,2H3,(H,14,15)(H2,13,16,17). The Labute approximate surface area is 106 Å². The van der Waals surface area contributed by atoms with Crippen molar-refractivity contribution in [2.24, 2.45) is 5.14 Å². The summed E-state index contributed by atoms with van der Waals surface area (Å²) in [5, 5.41) is 7.59. The average Bonchev–Trinajstić information content (AvgIpc) is 2.34. The number of nitrogens with two attached hydrogens (primary N) is 1. The van der Waals surface area contributed by atoms with Crippen LogP contribution < -0.4 is 10.5 Å². The fourth-order valence-corrected chi connectivity index (χ4v) is 1.81. The molecule has 1 amide bonds. The number of rotatable bonds is 4. The molecule has 0 fully saturated rings. The van der Waals surface area contributed by atoms with E-state index in [9.17, 15) is 13.2 Å². The van der Waals surface area contributed by atoms with E-state index in [0.717, 1.165) is 0 Å². The maximum Gasteiger partial charge on any atom is 0.252 e. The van der Waals surface area contributed by atoms with Crippen LogP contribution in [0.25, 0.3) is 0 Å². The van der Waals surface area contributed by atoms with Crippen LogP contribution in [-0.4, -0.2) is 20.4 Å². The summed E-state index contributed by atoms with van der Waals surface area (Å²) >= 11 is 0. The van der Waals surface area contributed by atoms with E-state index in [1.165, 1.54) is 24.3 Å². The molecule has 0 aromatic heterocycles. The molecule has 6 heteroatoms. The Morgan fingerprint density at radius 1 is 1.44 bits per heavy atom. The fourth-order valence-electron chi connectivity index (χ4n) is 1.30. The minimum absolute atomic E-state index is 0.0389. The van der Waals surface area contributed by atoms with Crippen molar-refractivity contribution in [1.29, 1.82) is 0 Å². The number of nitrogens with one attached hydrogen (secondary N) is 1. The van der Waals surface area contributed by atoms with E-state index in [1.807, 2.05) is 6.92 Å². The number of carbonyl (C=O) groups excluding carboxylic acids is 1. The van der Waals surface area contributed by atoms with Crippen LogP contribution in [0.3, 0.4) is 0 Å². The Morgan fingerprint density at radius 2 is 2.00 bits per heavy atom.